The van der Waals surface area contributed by atoms with Crippen molar-refractivity contribution >= 4 is 49.9 Å². The summed E-state index contributed by atoms with van der Waals surface area (Å²) in [5.41, 5.74) is 1.15. The predicted molar refractivity (Wildman–Crippen MR) is 181 cm³/mol. The van der Waals surface area contributed by atoms with E-state index >= 15 is 0 Å². The first-order chi connectivity index (χ1) is 23.0. The minimum Gasteiger partial charge on any atom is -0.490 e. The monoisotopic (exact) mass is 687 g/mol. The molecule has 0 spiro atoms. The third kappa shape index (κ3) is 8.46. The summed E-state index contributed by atoms with van der Waals surface area (Å²) >= 11 is 5.82. The first kappa shape index (κ1) is 33.9. The number of ether oxygens (including phenoxy) is 2. The molecular weight excluding hydrogens is 658 g/mol. The molecule has 0 aromatic heterocycles. The van der Waals surface area contributed by atoms with E-state index in [0.29, 0.717) is 17.9 Å². The number of nitrogens with zero attached hydrogens (tertiary/aromatic N) is 1. The third-order valence-corrected chi connectivity index (χ3v) is 8.98. The smallest absolute Gasteiger partial charge is 0.289 e. The lowest BCUT2D eigenvalue weighted by atomic mass is 10.0. The molecule has 0 heterocycles. The van der Waals surface area contributed by atoms with Crippen molar-refractivity contribution in [1.82, 2.24) is 10.0 Å². The standard InChI is InChI=1S/C35H30ClN3O8S/c1-23-9-13-26(14-10-23)34(40)37-31(35(41)38-48(44,45)28-17-18-30(36)32(22-28)39(42)43)21-24-11-15-27(16-12-24)46-19-20-47-33-8-4-6-25-5-2-3-7-29(25)33/h2-18,22,31H,19-21H2,1H3,(H,37,40)(H,38,41)/t31-/m0/s1. The number of halogens is 1. The molecule has 2 amide bonds. The van der Waals surface area contributed by atoms with Gasteiger partial charge in [-0.25, -0.2) is 13.1 Å². The van der Waals surface area contributed by atoms with Gasteiger partial charge in [0.05, 0.1) is 9.82 Å². The van der Waals surface area contributed by atoms with E-state index in [0.717, 1.165) is 40.3 Å². The fraction of sp³-hybridized carbons (Fsp3) is 0.143. The van der Waals surface area contributed by atoms with Crippen LogP contribution < -0.4 is 19.5 Å². The number of rotatable bonds is 13. The van der Waals surface area contributed by atoms with Gasteiger partial charge in [0.2, 0.25) is 0 Å². The number of fused-ring (bicyclic) bond motifs is 1. The van der Waals surface area contributed by atoms with Crippen LogP contribution in [-0.4, -0.2) is 44.4 Å². The number of hydrogen-bond acceptors (Lipinski definition) is 8. The molecule has 0 radical (unpaired) electrons. The first-order valence-corrected chi connectivity index (χ1v) is 16.6. The minimum absolute atomic E-state index is 0.0792. The number of aryl methyl sites for hydroxylation is 1. The fourth-order valence-corrected chi connectivity index (χ4v) is 6.03. The molecule has 0 unspecified atom stereocenters. The Balaban J connectivity index is 1.26. The lowest BCUT2D eigenvalue weighted by Crippen LogP contribution is -2.49. The molecule has 0 aliphatic heterocycles. The molecule has 2 N–H and O–H groups in total. The van der Waals surface area contributed by atoms with E-state index in [-0.39, 0.29) is 23.6 Å². The molecule has 5 aromatic rings. The van der Waals surface area contributed by atoms with Gasteiger partial charge in [-0.15, -0.1) is 0 Å². The highest BCUT2D eigenvalue weighted by Crippen LogP contribution is 2.27. The van der Waals surface area contributed by atoms with Gasteiger partial charge in [-0.2, -0.15) is 0 Å². The van der Waals surface area contributed by atoms with Crippen molar-refractivity contribution in [3.8, 4) is 11.5 Å². The van der Waals surface area contributed by atoms with E-state index in [1.54, 1.807) is 48.5 Å². The molecule has 48 heavy (non-hydrogen) atoms. The van der Waals surface area contributed by atoms with Crippen LogP contribution in [0, 0.1) is 17.0 Å². The SMILES string of the molecule is Cc1ccc(C(=O)N[C@@H](Cc2ccc(OCCOc3cccc4ccccc34)cc2)C(=O)NS(=O)(=O)c2ccc(Cl)c([N+](=O)[O-])c2)cc1. The van der Waals surface area contributed by atoms with Gasteiger partial charge in [0.1, 0.15) is 35.8 Å². The van der Waals surface area contributed by atoms with Crippen LogP contribution in [0.1, 0.15) is 21.5 Å². The molecule has 0 bridgehead atoms. The number of nitro groups is 1. The molecule has 0 aliphatic rings. The Bertz CT molecular complexity index is 2070. The average Bonchev–Trinajstić information content (AvgIpc) is 3.07. The van der Waals surface area contributed by atoms with Gasteiger partial charge in [-0.05, 0) is 60.3 Å². The van der Waals surface area contributed by atoms with Crippen molar-refractivity contribution in [3.05, 3.63) is 141 Å². The Morgan fingerprint density at radius 3 is 2.29 bits per heavy atom. The lowest BCUT2D eigenvalue weighted by Gasteiger charge is -2.19. The highest BCUT2D eigenvalue weighted by molar-refractivity contribution is 7.90. The minimum atomic E-state index is -4.57. The normalized spacial score (nSPS) is 11.8. The van der Waals surface area contributed by atoms with Crippen LogP contribution in [0.25, 0.3) is 10.8 Å². The topological polar surface area (TPSA) is 154 Å². The zero-order chi connectivity index (χ0) is 34.3. The van der Waals surface area contributed by atoms with Crippen LogP contribution in [-0.2, 0) is 21.2 Å². The number of amides is 2. The second-order valence-corrected chi connectivity index (χ2v) is 12.8. The molecule has 0 fully saturated rings. The average molecular weight is 688 g/mol. The molecule has 0 saturated heterocycles. The Morgan fingerprint density at radius 1 is 0.875 bits per heavy atom. The summed E-state index contributed by atoms with van der Waals surface area (Å²) in [4.78, 5) is 36.4. The van der Waals surface area contributed by atoms with E-state index in [4.69, 9.17) is 21.1 Å². The van der Waals surface area contributed by atoms with Crippen LogP contribution in [0.3, 0.4) is 0 Å². The van der Waals surface area contributed by atoms with Gasteiger partial charge >= 0.3 is 0 Å². The predicted octanol–water partition coefficient (Wildman–Crippen LogP) is 6.01. The van der Waals surface area contributed by atoms with Crippen molar-refractivity contribution in [1.29, 1.82) is 0 Å². The zero-order valence-electron chi connectivity index (χ0n) is 25.6. The van der Waals surface area contributed by atoms with E-state index in [1.165, 1.54) is 0 Å². The van der Waals surface area contributed by atoms with Gasteiger partial charge < -0.3 is 14.8 Å². The summed E-state index contributed by atoms with van der Waals surface area (Å²) in [7, 11) is -4.57. The molecule has 5 aromatic carbocycles. The number of nitrogens with one attached hydrogen (secondary N) is 2. The molecule has 13 heteroatoms. The van der Waals surface area contributed by atoms with Crippen molar-refractivity contribution in [2.75, 3.05) is 13.2 Å². The second-order valence-electron chi connectivity index (χ2n) is 10.8. The highest BCUT2D eigenvalue weighted by Gasteiger charge is 2.28. The van der Waals surface area contributed by atoms with Crippen LogP contribution in [0.5, 0.6) is 11.5 Å². The van der Waals surface area contributed by atoms with E-state index in [2.05, 4.69) is 5.32 Å². The Hall–Kier alpha value is -5.46. The maximum atomic E-state index is 13.4. The maximum absolute atomic E-state index is 13.4. The van der Waals surface area contributed by atoms with E-state index in [9.17, 15) is 28.1 Å². The molecule has 11 nitrogen and oxygen atoms in total. The first-order valence-electron chi connectivity index (χ1n) is 14.7. The molecule has 0 saturated carbocycles. The summed E-state index contributed by atoms with van der Waals surface area (Å²) in [6.45, 7) is 2.42. The van der Waals surface area contributed by atoms with Crippen LogP contribution >= 0.6 is 11.6 Å². The lowest BCUT2D eigenvalue weighted by molar-refractivity contribution is -0.384. The van der Waals surface area contributed by atoms with E-state index in [1.807, 2.05) is 54.1 Å². The van der Waals surface area contributed by atoms with Crippen molar-refractivity contribution in [3.63, 3.8) is 0 Å². The van der Waals surface area contributed by atoms with E-state index < -0.39 is 43.4 Å². The number of sulfonamides is 1. The number of carbonyl (C=O) groups is 2. The number of nitro benzene ring substituents is 1. The fourth-order valence-electron chi connectivity index (χ4n) is 4.81. The molecular formula is C35H30ClN3O8S. The quantitative estimate of drug-likeness (QED) is 0.0866. The molecule has 5 rings (SSSR count). The Morgan fingerprint density at radius 2 is 1.56 bits per heavy atom. The van der Waals surface area contributed by atoms with Gasteiger partial charge in [0.25, 0.3) is 27.5 Å². The third-order valence-electron chi connectivity index (χ3n) is 7.32. The maximum Gasteiger partial charge on any atom is 0.289 e. The van der Waals surface area contributed by atoms with Crippen LogP contribution in [0.2, 0.25) is 5.02 Å². The van der Waals surface area contributed by atoms with Crippen LogP contribution in [0.4, 0.5) is 5.69 Å². The summed E-state index contributed by atoms with van der Waals surface area (Å²) in [5, 5.41) is 15.7. The summed E-state index contributed by atoms with van der Waals surface area (Å²) < 4.78 is 39.8. The summed E-state index contributed by atoms with van der Waals surface area (Å²) in [5.74, 6) is -0.350. The van der Waals surface area contributed by atoms with Crippen molar-refractivity contribution < 1.29 is 32.4 Å². The molecule has 246 valence electrons. The number of benzene rings is 5. The molecule has 0 aliphatic carbocycles. The largest absolute Gasteiger partial charge is 0.490 e. The summed E-state index contributed by atoms with van der Waals surface area (Å²) in [6.07, 6.45) is -0.0792. The molecule has 1 atom stereocenters. The Kier molecular flexibility index (Phi) is 10.6. The van der Waals surface area contributed by atoms with Crippen molar-refractivity contribution in [2.45, 2.75) is 24.3 Å². The van der Waals surface area contributed by atoms with Gasteiger partial charge in [-0.1, -0.05) is 77.8 Å². The van der Waals surface area contributed by atoms with Gasteiger partial charge in [0, 0.05) is 23.4 Å². The summed E-state index contributed by atoms with van der Waals surface area (Å²) in [6, 6.07) is 28.6. The second kappa shape index (κ2) is 15.0. The van der Waals surface area contributed by atoms with Gasteiger partial charge in [-0.3, -0.25) is 19.7 Å². The van der Waals surface area contributed by atoms with Gasteiger partial charge in [0.15, 0.2) is 0 Å². The highest BCUT2D eigenvalue weighted by atomic mass is 35.5. The zero-order valence-corrected chi connectivity index (χ0v) is 27.2. The number of hydrogen-bond donors (Lipinski definition) is 2. The Labute approximate surface area is 281 Å². The van der Waals surface area contributed by atoms with Crippen molar-refractivity contribution in [2.24, 2.45) is 0 Å². The number of carbonyl (C=O) groups excluding carboxylic acids is 2. The van der Waals surface area contributed by atoms with Crippen LogP contribution in [0.15, 0.2) is 114 Å².